The fraction of sp³-hybridized carbons (Fsp3) is 0.750. The van der Waals surface area contributed by atoms with Crippen molar-refractivity contribution in [1.29, 1.82) is 0 Å². The van der Waals surface area contributed by atoms with Gasteiger partial charge in [-0.1, -0.05) is 6.92 Å². The largest absolute Gasteiger partial charge is 0.366 e. The highest BCUT2D eigenvalue weighted by atomic mass is 16.6. The highest BCUT2D eigenvalue weighted by Gasteiger charge is 2.05. The van der Waals surface area contributed by atoms with Gasteiger partial charge >= 0.3 is 0 Å². The predicted octanol–water partition coefficient (Wildman–Crippen LogP) is -1.00. The molecular weight excluding hydrogens is 184 g/mol. The zero-order valence-corrected chi connectivity index (χ0v) is 8.55. The van der Waals surface area contributed by atoms with E-state index in [0.717, 1.165) is 6.42 Å². The van der Waals surface area contributed by atoms with E-state index >= 15 is 0 Å². The minimum atomic E-state index is -0.775. The normalized spacial score (nSPS) is 12.8. The summed E-state index contributed by atoms with van der Waals surface area (Å²) in [4.78, 5) is 0. The molecule has 0 radical (unpaired) electrons. The molecule has 0 saturated heterocycles. The average Bonchev–Trinajstić information content (AvgIpc) is 2.58. The molecule has 1 atom stereocenters. The first kappa shape index (κ1) is 10.9. The van der Waals surface area contributed by atoms with Crippen LogP contribution in [0.15, 0.2) is 12.7 Å². The van der Waals surface area contributed by atoms with E-state index in [0.29, 0.717) is 13.2 Å². The van der Waals surface area contributed by atoms with Crippen molar-refractivity contribution in [2.24, 2.45) is 7.05 Å². The molecule has 1 aromatic rings. The Balaban J connectivity index is 2.20. The second-order valence-electron chi connectivity index (χ2n) is 3.02. The van der Waals surface area contributed by atoms with E-state index in [1.54, 1.807) is 22.0 Å². The highest BCUT2D eigenvalue weighted by Crippen LogP contribution is 1.88. The molecular formula is C8H17N4O2+. The summed E-state index contributed by atoms with van der Waals surface area (Å²) in [7, 11) is 1.82. The molecule has 0 aliphatic carbocycles. The number of aromatic nitrogens is 3. The molecule has 0 aromatic carbocycles. The fourth-order valence-corrected chi connectivity index (χ4v) is 0.955. The van der Waals surface area contributed by atoms with Crippen LogP contribution < -0.4 is 10.1 Å². The molecule has 0 bridgehead atoms. The Kier molecular flexibility index (Phi) is 4.34. The van der Waals surface area contributed by atoms with Crippen molar-refractivity contribution >= 4 is 0 Å². The molecule has 0 aliphatic heterocycles. The number of rotatable bonds is 6. The third-order valence-corrected chi connectivity index (χ3v) is 1.61. The molecule has 2 N–H and O–H groups in total. The van der Waals surface area contributed by atoms with Crippen LogP contribution in [-0.2, 0) is 11.8 Å². The van der Waals surface area contributed by atoms with Crippen molar-refractivity contribution in [3.05, 3.63) is 12.7 Å². The van der Waals surface area contributed by atoms with Gasteiger partial charge in [0.2, 0.25) is 6.33 Å². The van der Waals surface area contributed by atoms with Crippen molar-refractivity contribution in [2.75, 3.05) is 18.6 Å². The van der Waals surface area contributed by atoms with Crippen LogP contribution in [0.1, 0.15) is 13.3 Å². The molecule has 0 saturated carbocycles. The Hall–Kier alpha value is -1.14. The molecule has 1 aromatic heterocycles. The van der Waals surface area contributed by atoms with E-state index in [2.05, 4.69) is 10.5 Å². The molecule has 6 nitrogen and oxygen atoms in total. The predicted molar refractivity (Wildman–Crippen MR) is 49.9 cm³/mol. The summed E-state index contributed by atoms with van der Waals surface area (Å²) in [5.74, 6) is 0. The number of aliphatic hydroxyl groups excluding tert-OH is 1. The maximum absolute atomic E-state index is 9.32. The van der Waals surface area contributed by atoms with Crippen LogP contribution in [0.4, 0.5) is 0 Å². The molecule has 80 valence electrons. The van der Waals surface area contributed by atoms with Gasteiger partial charge in [0.1, 0.15) is 13.6 Å². The molecule has 0 spiro atoms. The lowest BCUT2D eigenvalue weighted by atomic mass is 10.5. The van der Waals surface area contributed by atoms with Gasteiger partial charge in [-0.25, -0.2) is 5.43 Å². The van der Waals surface area contributed by atoms with Gasteiger partial charge in [0.15, 0.2) is 6.29 Å². The zero-order valence-electron chi connectivity index (χ0n) is 8.55. The molecule has 1 rings (SSSR count). The smallest absolute Gasteiger partial charge is 0.289 e. The van der Waals surface area contributed by atoms with E-state index in [1.807, 2.05) is 14.0 Å². The van der Waals surface area contributed by atoms with Gasteiger partial charge in [0, 0.05) is 6.61 Å². The van der Waals surface area contributed by atoms with Crippen molar-refractivity contribution < 1.29 is 14.5 Å². The second kappa shape index (κ2) is 5.56. The van der Waals surface area contributed by atoms with E-state index in [-0.39, 0.29) is 0 Å². The Morgan fingerprint density at radius 1 is 1.71 bits per heavy atom. The molecule has 14 heavy (non-hydrogen) atoms. The maximum Gasteiger partial charge on any atom is 0.289 e. The quantitative estimate of drug-likeness (QED) is 0.457. The fourth-order valence-electron chi connectivity index (χ4n) is 0.955. The topological polar surface area (TPSA) is 63.2 Å². The zero-order chi connectivity index (χ0) is 10.4. The van der Waals surface area contributed by atoms with Crippen LogP contribution in [0.5, 0.6) is 0 Å². The van der Waals surface area contributed by atoms with Gasteiger partial charge in [-0.2, -0.15) is 0 Å². The Morgan fingerprint density at radius 2 is 2.50 bits per heavy atom. The minimum absolute atomic E-state index is 0.344. The highest BCUT2D eigenvalue weighted by molar-refractivity contribution is 4.69. The van der Waals surface area contributed by atoms with Gasteiger partial charge < -0.3 is 9.84 Å². The van der Waals surface area contributed by atoms with Crippen LogP contribution in [-0.4, -0.2) is 34.3 Å². The Labute approximate surface area is 83.1 Å². The number of nitrogens with one attached hydrogen (secondary N) is 1. The van der Waals surface area contributed by atoms with Gasteiger partial charge in [-0.15, -0.1) is 9.36 Å². The average molecular weight is 201 g/mol. The van der Waals surface area contributed by atoms with E-state index < -0.39 is 6.29 Å². The first-order valence-electron chi connectivity index (χ1n) is 4.66. The summed E-state index contributed by atoms with van der Waals surface area (Å²) < 4.78 is 8.40. The number of hydrogen-bond acceptors (Lipinski definition) is 4. The van der Waals surface area contributed by atoms with E-state index in [1.165, 1.54) is 0 Å². The second-order valence-corrected chi connectivity index (χ2v) is 3.02. The summed E-state index contributed by atoms with van der Waals surface area (Å²) in [6.07, 6.45) is 3.50. The van der Waals surface area contributed by atoms with Gasteiger partial charge in [-0.05, 0) is 11.5 Å². The first-order valence-corrected chi connectivity index (χ1v) is 4.66. The minimum Gasteiger partial charge on any atom is -0.366 e. The number of ether oxygens (including phenoxy) is 1. The lowest BCUT2D eigenvalue weighted by Gasteiger charge is -2.10. The van der Waals surface area contributed by atoms with Crippen molar-refractivity contribution in [1.82, 2.24) is 9.77 Å². The first-order chi connectivity index (χ1) is 6.72. The Morgan fingerprint density at radius 3 is 3.07 bits per heavy atom. The van der Waals surface area contributed by atoms with Crippen LogP contribution in [0.2, 0.25) is 0 Å². The lowest BCUT2D eigenvalue weighted by Crippen LogP contribution is -2.31. The van der Waals surface area contributed by atoms with Crippen LogP contribution >= 0.6 is 0 Å². The van der Waals surface area contributed by atoms with E-state index in [9.17, 15) is 5.11 Å². The monoisotopic (exact) mass is 201 g/mol. The Bertz CT molecular complexity index is 264. The third-order valence-electron chi connectivity index (χ3n) is 1.61. The molecule has 0 aliphatic rings. The SMILES string of the molecule is CCCOC(O)CNn1cn[n+](C)c1. The molecule has 1 unspecified atom stereocenters. The van der Waals surface area contributed by atoms with Crippen molar-refractivity contribution in [3.8, 4) is 0 Å². The van der Waals surface area contributed by atoms with Crippen LogP contribution in [0.3, 0.4) is 0 Å². The maximum atomic E-state index is 9.32. The van der Waals surface area contributed by atoms with Gasteiger partial charge in [-0.3, -0.25) is 0 Å². The number of aliphatic hydroxyl groups is 1. The third kappa shape index (κ3) is 3.71. The number of aryl methyl sites for hydroxylation is 1. The van der Waals surface area contributed by atoms with E-state index in [4.69, 9.17) is 4.74 Å². The molecule has 0 amide bonds. The molecule has 1 heterocycles. The van der Waals surface area contributed by atoms with Crippen LogP contribution in [0, 0.1) is 0 Å². The standard InChI is InChI=1S/C8H17N4O2/c1-3-4-14-8(13)5-9-12-6-10-11(2)7-12/h6-9,13H,3-5H2,1-2H3/q+1. The molecule has 6 heteroatoms. The van der Waals surface area contributed by atoms with Crippen LogP contribution in [0.25, 0.3) is 0 Å². The van der Waals surface area contributed by atoms with Crippen molar-refractivity contribution in [3.63, 3.8) is 0 Å². The number of hydrogen-bond donors (Lipinski definition) is 2. The summed E-state index contributed by atoms with van der Waals surface area (Å²) in [5.41, 5.74) is 2.93. The summed E-state index contributed by atoms with van der Waals surface area (Å²) >= 11 is 0. The molecule has 0 fully saturated rings. The summed E-state index contributed by atoms with van der Waals surface area (Å²) in [6.45, 7) is 2.91. The van der Waals surface area contributed by atoms with Gasteiger partial charge in [0.05, 0.1) is 0 Å². The summed E-state index contributed by atoms with van der Waals surface area (Å²) in [5, 5.41) is 13.3. The van der Waals surface area contributed by atoms with Crippen molar-refractivity contribution in [2.45, 2.75) is 19.6 Å². The lowest BCUT2D eigenvalue weighted by molar-refractivity contribution is -0.728. The summed E-state index contributed by atoms with van der Waals surface area (Å²) in [6, 6.07) is 0. The van der Waals surface area contributed by atoms with Gasteiger partial charge in [0.25, 0.3) is 6.33 Å². The number of nitrogens with zero attached hydrogens (tertiary/aromatic N) is 3.